The highest BCUT2D eigenvalue weighted by Gasteiger charge is 2.26. The molecule has 2 rings (SSSR count). The normalized spacial score (nSPS) is 26.3. The molecular formula is C14H29N3O3S. The van der Waals surface area contributed by atoms with Crippen LogP contribution in [-0.4, -0.2) is 69.6 Å². The van der Waals surface area contributed by atoms with Crippen molar-refractivity contribution < 1.29 is 13.2 Å². The minimum atomic E-state index is -3.34. The summed E-state index contributed by atoms with van der Waals surface area (Å²) in [5.41, 5.74) is 0. The summed E-state index contributed by atoms with van der Waals surface area (Å²) in [6, 6.07) is 0. The van der Waals surface area contributed by atoms with Gasteiger partial charge in [-0.2, -0.15) is 17.4 Å². The molecule has 124 valence electrons. The lowest BCUT2D eigenvalue weighted by molar-refractivity contribution is -0.0281. The summed E-state index contributed by atoms with van der Waals surface area (Å²) in [5.74, 6) is 0.619. The van der Waals surface area contributed by atoms with Crippen LogP contribution in [0.5, 0.6) is 0 Å². The van der Waals surface area contributed by atoms with Crippen LogP contribution in [0.4, 0.5) is 0 Å². The van der Waals surface area contributed by atoms with Crippen molar-refractivity contribution in [3.8, 4) is 0 Å². The van der Waals surface area contributed by atoms with E-state index in [0.29, 0.717) is 32.2 Å². The van der Waals surface area contributed by atoms with E-state index in [2.05, 4.69) is 23.5 Å². The molecular weight excluding hydrogens is 290 g/mol. The number of ether oxygens (including phenoxy) is 1. The molecule has 1 unspecified atom stereocenters. The number of nitrogens with one attached hydrogen (secondary N) is 1. The predicted octanol–water partition coefficient (Wildman–Crippen LogP) is 0.664. The zero-order valence-corrected chi connectivity index (χ0v) is 14.1. The second-order valence-corrected chi connectivity index (χ2v) is 8.21. The number of hydrogen-bond donors (Lipinski definition) is 1. The molecule has 1 N–H and O–H groups in total. The third-order valence-electron chi connectivity index (χ3n) is 3.99. The molecule has 2 aliphatic heterocycles. The van der Waals surface area contributed by atoms with Gasteiger partial charge in [-0.05, 0) is 18.8 Å². The number of piperidine rings is 1. The van der Waals surface area contributed by atoms with Crippen molar-refractivity contribution in [1.82, 2.24) is 13.9 Å². The van der Waals surface area contributed by atoms with Crippen LogP contribution in [0.25, 0.3) is 0 Å². The highest BCUT2D eigenvalue weighted by molar-refractivity contribution is 7.87. The fourth-order valence-electron chi connectivity index (χ4n) is 2.98. The van der Waals surface area contributed by atoms with Gasteiger partial charge in [0.2, 0.25) is 0 Å². The molecule has 1 atom stereocenters. The van der Waals surface area contributed by atoms with Crippen LogP contribution in [0.15, 0.2) is 0 Å². The summed E-state index contributed by atoms with van der Waals surface area (Å²) in [7, 11) is -3.34. The predicted molar refractivity (Wildman–Crippen MR) is 83.4 cm³/mol. The van der Waals surface area contributed by atoms with Crippen LogP contribution in [0, 0.1) is 5.92 Å². The van der Waals surface area contributed by atoms with Gasteiger partial charge in [-0.3, -0.25) is 4.90 Å². The van der Waals surface area contributed by atoms with Gasteiger partial charge in [-0.25, -0.2) is 0 Å². The van der Waals surface area contributed by atoms with Crippen LogP contribution in [0.3, 0.4) is 0 Å². The highest BCUT2D eigenvalue weighted by Crippen LogP contribution is 2.12. The van der Waals surface area contributed by atoms with Crippen LogP contribution in [0.1, 0.15) is 33.1 Å². The Balaban J connectivity index is 1.78. The van der Waals surface area contributed by atoms with E-state index in [1.807, 2.05) is 0 Å². The first-order chi connectivity index (χ1) is 9.97. The van der Waals surface area contributed by atoms with Crippen LogP contribution in [-0.2, 0) is 14.9 Å². The largest absolute Gasteiger partial charge is 0.374 e. The van der Waals surface area contributed by atoms with Gasteiger partial charge < -0.3 is 4.74 Å². The number of rotatable bonds is 6. The molecule has 21 heavy (non-hydrogen) atoms. The molecule has 0 bridgehead atoms. The first-order valence-corrected chi connectivity index (χ1v) is 9.50. The third-order valence-corrected chi connectivity index (χ3v) is 5.57. The Bertz CT molecular complexity index is 408. The van der Waals surface area contributed by atoms with Crippen molar-refractivity contribution >= 4 is 10.2 Å². The lowest BCUT2D eigenvalue weighted by Crippen LogP contribution is -2.51. The van der Waals surface area contributed by atoms with E-state index in [-0.39, 0.29) is 6.10 Å². The summed E-state index contributed by atoms with van der Waals surface area (Å²) >= 11 is 0. The van der Waals surface area contributed by atoms with Crippen LogP contribution >= 0.6 is 0 Å². The highest BCUT2D eigenvalue weighted by atomic mass is 32.2. The van der Waals surface area contributed by atoms with Crippen molar-refractivity contribution in [3.05, 3.63) is 0 Å². The van der Waals surface area contributed by atoms with Gasteiger partial charge in [0.15, 0.2) is 0 Å². The van der Waals surface area contributed by atoms with Crippen molar-refractivity contribution in [3.63, 3.8) is 0 Å². The van der Waals surface area contributed by atoms with E-state index in [9.17, 15) is 8.42 Å². The van der Waals surface area contributed by atoms with Gasteiger partial charge in [0.25, 0.3) is 10.2 Å². The van der Waals surface area contributed by atoms with E-state index >= 15 is 0 Å². The van der Waals surface area contributed by atoms with Crippen LogP contribution < -0.4 is 4.72 Å². The molecule has 0 amide bonds. The molecule has 6 nitrogen and oxygen atoms in total. The summed E-state index contributed by atoms with van der Waals surface area (Å²) in [6.07, 6.45) is 3.01. The Morgan fingerprint density at radius 2 is 1.90 bits per heavy atom. The van der Waals surface area contributed by atoms with E-state index in [4.69, 9.17) is 4.74 Å². The lowest BCUT2D eigenvalue weighted by atomic mass is 10.2. The summed E-state index contributed by atoms with van der Waals surface area (Å²) in [5, 5.41) is 0. The summed E-state index contributed by atoms with van der Waals surface area (Å²) < 4.78 is 34.4. The minimum Gasteiger partial charge on any atom is -0.374 e. The molecule has 7 heteroatoms. The second kappa shape index (κ2) is 7.87. The minimum absolute atomic E-state index is 0.0444. The third kappa shape index (κ3) is 5.49. The van der Waals surface area contributed by atoms with Crippen molar-refractivity contribution in [2.75, 3.05) is 45.9 Å². The van der Waals surface area contributed by atoms with E-state index in [1.165, 1.54) is 0 Å². The summed E-state index contributed by atoms with van der Waals surface area (Å²) in [4.78, 5) is 2.36. The molecule has 2 fully saturated rings. The zero-order valence-electron chi connectivity index (χ0n) is 13.3. The standard InChI is InChI=1S/C14H29N3O3S/c1-13(2)11-16-8-9-20-14(12-16)10-15-21(18,19)17-6-4-3-5-7-17/h13-15H,3-12H2,1-2H3. The molecule has 0 radical (unpaired) electrons. The van der Waals surface area contributed by atoms with Gasteiger partial charge in [-0.15, -0.1) is 0 Å². The number of hydrogen-bond acceptors (Lipinski definition) is 4. The van der Waals surface area contributed by atoms with Gasteiger partial charge in [0.1, 0.15) is 0 Å². The summed E-state index contributed by atoms with van der Waals surface area (Å²) in [6.45, 7) is 9.51. The van der Waals surface area contributed by atoms with E-state index < -0.39 is 10.2 Å². The average molecular weight is 319 g/mol. The molecule has 2 aliphatic rings. The fourth-order valence-corrected chi connectivity index (χ4v) is 4.30. The first-order valence-electron chi connectivity index (χ1n) is 8.06. The Morgan fingerprint density at radius 3 is 2.57 bits per heavy atom. The molecule has 2 saturated heterocycles. The Labute approximate surface area is 129 Å². The average Bonchev–Trinajstić information content (AvgIpc) is 2.46. The smallest absolute Gasteiger partial charge is 0.279 e. The van der Waals surface area contributed by atoms with Gasteiger partial charge in [0, 0.05) is 39.3 Å². The molecule has 2 heterocycles. The fraction of sp³-hybridized carbons (Fsp3) is 1.00. The molecule has 0 aromatic rings. The molecule has 0 aromatic carbocycles. The SMILES string of the molecule is CC(C)CN1CCOC(CNS(=O)(=O)N2CCCCC2)C1. The topological polar surface area (TPSA) is 61.9 Å². The lowest BCUT2D eigenvalue weighted by Gasteiger charge is -2.34. The van der Waals surface area contributed by atoms with E-state index in [0.717, 1.165) is 38.9 Å². The Kier molecular flexibility index (Phi) is 6.43. The molecule has 0 aromatic heterocycles. The van der Waals surface area contributed by atoms with E-state index in [1.54, 1.807) is 4.31 Å². The molecule has 0 spiro atoms. The van der Waals surface area contributed by atoms with Crippen molar-refractivity contribution in [2.24, 2.45) is 5.92 Å². The molecule has 0 saturated carbocycles. The Hall–Kier alpha value is -0.210. The Morgan fingerprint density at radius 1 is 1.19 bits per heavy atom. The molecule has 0 aliphatic carbocycles. The van der Waals surface area contributed by atoms with Gasteiger partial charge >= 0.3 is 0 Å². The monoisotopic (exact) mass is 319 g/mol. The maximum atomic E-state index is 12.2. The zero-order chi connectivity index (χ0) is 15.3. The van der Waals surface area contributed by atoms with Crippen molar-refractivity contribution in [1.29, 1.82) is 0 Å². The maximum absolute atomic E-state index is 12.2. The number of nitrogens with zero attached hydrogens (tertiary/aromatic N) is 2. The second-order valence-electron chi connectivity index (χ2n) is 6.46. The maximum Gasteiger partial charge on any atom is 0.279 e. The van der Waals surface area contributed by atoms with Gasteiger partial charge in [-0.1, -0.05) is 20.3 Å². The quantitative estimate of drug-likeness (QED) is 0.781. The number of morpholine rings is 1. The first kappa shape index (κ1) is 17.1. The van der Waals surface area contributed by atoms with Crippen molar-refractivity contribution in [2.45, 2.75) is 39.2 Å². The van der Waals surface area contributed by atoms with Crippen LogP contribution in [0.2, 0.25) is 0 Å². The van der Waals surface area contributed by atoms with Gasteiger partial charge in [0.05, 0.1) is 12.7 Å².